The molecule has 0 bridgehead atoms. The van der Waals surface area contributed by atoms with Crippen LogP contribution in [0.3, 0.4) is 0 Å². The standard InChI is InChI=1S/C21H24N2O4S/c1-16(24)18-7-9-20(10-8-18)28(26,27)23-13-11-19(12-14-23)21(25)22-15-17-5-3-2-4-6-17/h2-10,19H,11-15H2,1H3,(H,22,25). The lowest BCUT2D eigenvalue weighted by atomic mass is 9.97. The zero-order valence-corrected chi connectivity index (χ0v) is 16.6. The maximum Gasteiger partial charge on any atom is 0.243 e. The molecule has 28 heavy (non-hydrogen) atoms. The summed E-state index contributed by atoms with van der Waals surface area (Å²) >= 11 is 0. The van der Waals surface area contributed by atoms with Crippen LogP contribution < -0.4 is 5.32 Å². The average Bonchev–Trinajstić information content (AvgIpc) is 2.73. The van der Waals surface area contributed by atoms with E-state index in [0.29, 0.717) is 38.0 Å². The lowest BCUT2D eigenvalue weighted by molar-refractivity contribution is -0.126. The minimum Gasteiger partial charge on any atom is -0.352 e. The Bertz CT molecular complexity index is 932. The molecule has 0 atom stereocenters. The van der Waals surface area contributed by atoms with Gasteiger partial charge in [0.2, 0.25) is 15.9 Å². The Morgan fingerprint density at radius 1 is 1.00 bits per heavy atom. The molecule has 1 fully saturated rings. The fourth-order valence-electron chi connectivity index (χ4n) is 3.30. The third-order valence-electron chi connectivity index (χ3n) is 5.03. The second kappa shape index (κ2) is 8.67. The molecule has 1 aliphatic rings. The Morgan fingerprint density at radius 2 is 1.61 bits per heavy atom. The van der Waals surface area contributed by atoms with Gasteiger partial charge in [-0.15, -0.1) is 0 Å². The van der Waals surface area contributed by atoms with E-state index in [1.807, 2.05) is 30.3 Å². The lowest BCUT2D eigenvalue weighted by Crippen LogP contribution is -2.42. The first kappa shape index (κ1) is 20.2. The van der Waals surface area contributed by atoms with Crippen LogP contribution >= 0.6 is 0 Å². The molecular weight excluding hydrogens is 376 g/mol. The van der Waals surface area contributed by atoms with Crippen molar-refractivity contribution in [3.05, 3.63) is 65.7 Å². The van der Waals surface area contributed by atoms with Crippen molar-refractivity contribution < 1.29 is 18.0 Å². The van der Waals surface area contributed by atoms with E-state index >= 15 is 0 Å². The van der Waals surface area contributed by atoms with Gasteiger partial charge in [-0.3, -0.25) is 9.59 Å². The minimum atomic E-state index is -3.62. The van der Waals surface area contributed by atoms with Crippen LogP contribution in [-0.4, -0.2) is 37.5 Å². The largest absolute Gasteiger partial charge is 0.352 e. The Morgan fingerprint density at radius 3 is 2.18 bits per heavy atom. The predicted octanol–water partition coefficient (Wildman–Crippen LogP) is 2.61. The molecule has 3 rings (SSSR count). The van der Waals surface area contributed by atoms with Gasteiger partial charge in [0.15, 0.2) is 5.78 Å². The van der Waals surface area contributed by atoms with E-state index in [4.69, 9.17) is 0 Å². The summed E-state index contributed by atoms with van der Waals surface area (Å²) in [5.74, 6) is -0.326. The number of rotatable bonds is 6. The van der Waals surface area contributed by atoms with Crippen molar-refractivity contribution in [3.8, 4) is 0 Å². The van der Waals surface area contributed by atoms with Crippen molar-refractivity contribution in [2.75, 3.05) is 13.1 Å². The predicted molar refractivity (Wildman–Crippen MR) is 106 cm³/mol. The van der Waals surface area contributed by atoms with Gasteiger partial charge < -0.3 is 5.32 Å². The molecule has 1 amide bonds. The number of hydrogen-bond donors (Lipinski definition) is 1. The molecule has 1 aliphatic heterocycles. The SMILES string of the molecule is CC(=O)c1ccc(S(=O)(=O)N2CCC(C(=O)NCc3ccccc3)CC2)cc1. The first-order chi connectivity index (χ1) is 13.4. The number of piperidine rings is 1. The molecule has 0 radical (unpaired) electrons. The van der Waals surface area contributed by atoms with Crippen LogP contribution in [0.25, 0.3) is 0 Å². The number of amides is 1. The Labute approximate surface area is 165 Å². The van der Waals surface area contributed by atoms with Gasteiger partial charge in [-0.2, -0.15) is 4.31 Å². The maximum absolute atomic E-state index is 12.8. The molecule has 0 saturated carbocycles. The van der Waals surface area contributed by atoms with Gasteiger partial charge in [0.1, 0.15) is 0 Å². The molecule has 0 aliphatic carbocycles. The zero-order chi connectivity index (χ0) is 20.1. The first-order valence-corrected chi connectivity index (χ1v) is 10.7. The fraction of sp³-hybridized carbons (Fsp3) is 0.333. The third kappa shape index (κ3) is 4.66. The minimum absolute atomic E-state index is 0.0355. The lowest BCUT2D eigenvalue weighted by Gasteiger charge is -2.30. The average molecular weight is 401 g/mol. The van der Waals surface area contributed by atoms with Gasteiger partial charge in [0.05, 0.1) is 4.90 Å². The fourth-order valence-corrected chi connectivity index (χ4v) is 4.77. The van der Waals surface area contributed by atoms with Crippen molar-refractivity contribution in [1.29, 1.82) is 0 Å². The van der Waals surface area contributed by atoms with E-state index in [-0.39, 0.29) is 22.5 Å². The summed E-state index contributed by atoms with van der Waals surface area (Å²) in [6, 6.07) is 15.7. The zero-order valence-electron chi connectivity index (χ0n) is 15.8. The van der Waals surface area contributed by atoms with Crippen molar-refractivity contribution in [2.24, 2.45) is 5.92 Å². The number of carbonyl (C=O) groups excluding carboxylic acids is 2. The van der Waals surface area contributed by atoms with Crippen LogP contribution in [0.4, 0.5) is 0 Å². The molecule has 1 saturated heterocycles. The molecule has 2 aromatic carbocycles. The summed E-state index contributed by atoms with van der Waals surface area (Å²) in [6.07, 6.45) is 0.983. The van der Waals surface area contributed by atoms with Crippen molar-refractivity contribution >= 4 is 21.7 Å². The highest BCUT2D eigenvalue weighted by atomic mass is 32.2. The smallest absolute Gasteiger partial charge is 0.243 e. The summed E-state index contributed by atoms with van der Waals surface area (Å²) < 4.78 is 27.0. The van der Waals surface area contributed by atoms with E-state index in [2.05, 4.69) is 5.32 Å². The van der Waals surface area contributed by atoms with Crippen molar-refractivity contribution in [3.63, 3.8) is 0 Å². The molecule has 6 nitrogen and oxygen atoms in total. The summed E-state index contributed by atoms with van der Waals surface area (Å²) in [5, 5.41) is 2.93. The highest BCUT2D eigenvalue weighted by molar-refractivity contribution is 7.89. The molecular formula is C21H24N2O4S. The molecule has 2 aromatic rings. The Hall–Kier alpha value is -2.51. The highest BCUT2D eigenvalue weighted by Crippen LogP contribution is 2.24. The second-order valence-electron chi connectivity index (χ2n) is 6.96. The van der Waals surface area contributed by atoms with E-state index < -0.39 is 10.0 Å². The van der Waals surface area contributed by atoms with Crippen LogP contribution in [0, 0.1) is 5.92 Å². The topological polar surface area (TPSA) is 83.6 Å². The quantitative estimate of drug-likeness (QED) is 0.756. The number of nitrogens with one attached hydrogen (secondary N) is 1. The molecule has 1 N–H and O–H groups in total. The van der Waals surface area contributed by atoms with Crippen LogP contribution in [-0.2, 0) is 21.4 Å². The number of Topliss-reactive ketones (excluding diaryl/α,β-unsaturated/α-hetero) is 1. The number of carbonyl (C=O) groups is 2. The normalized spacial score (nSPS) is 15.9. The monoisotopic (exact) mass is 400 g/mol. The molecule has 0 unspecified atom stereocenters. The maximum atomic E-state index is 12.8. The van der Waals surface area contributed by atoms with Crippen molar-refractivity contribution in [2.45, 2.75) is 31.2 Å². The van der Waals surface area contributed by atoms with E-state index in [1.165, 1.54) is 35.5 Å². The van der Waals surface area contributed by atoms with Crippen LogP contribution in [0.15, 0.2) is 59.5 Å². The van der Waals surface area contributed by atoms with Crippen molar-refractivity contribution in [1.82, 2.24) is 9.62 Å². The molecule has 0 aromatic heterocycles. The third-order valence-corrected chi connectivity index (χ3v) is 6.95. The summed E-state index contributed by atoms with van der Waals surface area (Å²) in [7, 11) is -3.62. The summed E-state index contributed by atoms with van der Waals surface area (Å²) in [5.41, 5.74) is 1.51. The van der Waals surface area contributed by atoms with Gasteiger partial charge in [0, 0.05) is 31.1 Å². The van der Waals surface area contributed by atoms with Crippen LogP contribution in [0.5, 0.6) is 0 Å². The number of nitrogens with zero attached hydrogens (tertiary/aromatic N) is 1. The number of sulfonamides is 1. The van der Waals surface area contributed by atoms with Gasteiger partial charge >= 0.3 is 0 Å². The number of benzene rings is 2. The number of ketones is 1. The van der Waals surface area contributed by atoms with Gasteiger partial charge in [-0.1, -0.05) is 42.5 Å². The molecule has 1 heterocycles. The Kier molecular flexibility index (Phi) is 6.26. The number of hydrogen-bond acceptors (Lipinski definition) is 4. The van der Waals surface area contributed by atoms with Crippen LogP contribution in [0.2, 0.25) is 0 Å². The summed E-state index contributed by atoms with van der Waals surface area (Å²) in [4.78, 5) is 23.9. The molecule has 148 valence electrons. The van der Waals surface area contributed by atoms with E-state index in [9.17, 15) is 18.0 Å². The van der Waals surface area contributed by atoms with Gasteiger partial charge in [0.25, 0.3) is 0 Å². The van der Waals surface area contributed by atoms with E-state index in [1.54, 1.807) is 0 Å². The highest BCUT2D eigenvalue weighted by Gasteiger charge is 2.32. The van der Waals surface area contributed by atoms with Crippen LogP contribution in [0.1, 0.15) is 35.7 Å². The Balaban J connectivity index is 1.56. The van der Waals surface area contributed by atoms with Gasteiger partial charge in [-0.05, 0) is 37.5 Å². The molecule has 7 heteroatoms. The van der Waals surface area contributed by atoms with E-state index in [0.717, 1.165) is 5.56 Å². The van der Waals surface area contributed by atoms with Gasteiger partial charge in [-0.25, -0.2) is 8.42 Å². The summed E-state index contributed by atoms with van der Waals surface area (Å²) in [6.45, 7) is 2.53. The first-order valence-electron chi connectivity index (χ1n) is 9.31. The molecule has 0 spiro atoms. The second-order valence-corrected chi connectivity index (χ2v) is 8.90.